The van der Waals surface area contributed by atoms with E-state index in [1.54, 1.807) is 12.1 Å². The Morgan fingerprint density at radius 3 is 2.95 bits per heavy atom. The van der Waals surface area contributed by atoms with Crippen LogP contribution in [0.3, 0.4) is 0 Å². The van der Waals surface area contributed by atoms with Gasteiger partial charge in [-0.25, -0.2) is 9.78 Å². The third-order valence-electron chi connectivity index (χ3n) is 3.44. The molecule has 1 aromatic carbocycles. The van der Waals surface area contributed by atoms with E-state index in [1.165, 1.54) is 0 Å². The number of rotatable bonds is 4. The Bertz CT molecular complexity index is 653. The first kappa shape index (κ1) is 13.8. The summed E-state index contributed by atoms with van der Waals surface area (Å²) in [6.45, 7) is 1.12. The molecule has 2 heterocycles. The van der Waals surface area contributed by atoms with Gasteiger partial charge in [0.05, 0.1) is 17.0 Å². The molecule has 1 aromatic heterocycles. The quantitative estimate of drug-likeness (QED) is 0.929. The van der Waals surface area contributed by atoms with Crippen LogP contribution in [0.2, 0.25) is 0 Å². The molecule has 0 spiro atoms. The number of benzene rings is 1. The van der Waals surface area contributed by atoms with Gasteiger partial charge >= 0.3 is 5.97 Å². The van der Waals surface area contributed by atoms with E-state index in [-0.39, 0.29) is 11.9 Å². The van der Waals surface area contributed by atoms with Gasteiger partial charge in [-0.05, 0) is 31.4 Å². The lowest BCUT2D eigenvalue weighted by molar-refractivity contribution is -0.0116. The molecule has 1 saturated heterocycles. The molecule has 1 N–H and O–H groups in total. The largest absolute Gasteiger partial charge is 0.475 e. The highest BCUT2D eigenvalue weighted by Gasteiger charge is 2.17. The van der Waals surface area contributed by atoms with Gasteiger partial charge in [-0.1, -0.05) is 12.1 Å². The number of hydrogen-bond acceptors (Lipinski definition) is 5. The maximum atomic E-state index is 11.1. The lowest BCUT2D eigenvalue weighted by Gasteiger charge is -2.22. The summed E-state index contributed by atoms with van der Waals surface area (Å²) in [6, 6.07) is 7.20. The van der Waals surface area contributed by atoms with E-state index >= 15 is 0 Å². The molecule has 0 saturated carbocycles. The summed E-state index contributed by atoms with van der Waals surface area (Å²) in [5, 5.41) is 9.79. The molecule has 0 aliphatic carbocycles. The van der Waals surface area contributed by atoms with Crippen LogP contribution < -0.4 is 4.74 Å². The number of carboxylic acid groups (broad SMARTS) is 1. The van der Waals surface area contributed by atoms with Crippen molar-refractivity contribution in [2.24, 2.45) is 0 Å². The van der Waals surface area contributed by atoms with Crippen molar-refractivity contribution in [3.63, 3.8) is 0 Å². The molecule has 1 fully saturated rings. The first-order chi connectivity index (χ1) is 10.2. The maximum Gasteiger partial charge on any atom is 0.374 e. The van der Waals surface area contributed by atoms with Gasteiger partial charge in [0.1, 0.15) is 6.61 Å². The highest BCUT2D eigenvalue weighted by Crippen LogP contribution is 2.23. The molecule has 0 bridgehead atoms. The van der Waals surface area contributed by atoms with Gasteiger partial charge < -0.3 is 14.6 Å². The van der Waals surface area contributed by atoms with E-state index < -0.39 is 5.97 Å². The lowest BCUT2D eigenvalue weighted by Crippen LogP contribution is -2.26. The Morgan fingerprint density at radius 2 is 2.19 bits per heavy atom. The number of carbonyl (C=O) groups is 1. The number of aromatic nitrogens is 2. The molecule has 6 nitrogen and oxygen atoms in total. The Balaban J connectivity index is 1.86. The normalized spacial score (nSPS) is 18.6. The Morgan fingerprint density at radius 1 is 1.33 bits per heavy atom. The zero-order valence-corrected chi connectivity index (χ0v) is 11.5. The predicted molar refractivity (Wildman–Crippen MR) is 75.6 cm³/mol. The van der Waals surface area contributed by atoms with Crippen molar-refractivity contribution >= 4 is 16.9 Å². The minimum Gasteiger partial charge on any atom is -0.475 e. The first-order valence-corrected chi connectivity index (χ1v) is 6.98. The van der Waals surface area contributed by atoms with E-state index in [2.05, 4.69) is 9.97 Å². The van der Waals surface area contributed by atoms with Gasteiger partial charge in [0.2, 0.25) is 11.7 Å². The minimum absolute atomic E-state index is 0.0424. The number of fused-ring (bicyclic) bond motifs is 1. The van der Waals surface area contributed by atoms with Crippen LogP contribution in [-0.2, 0) is 4.74 Å². The number of ether oxygens (including phenoxy) is 2. The molecule has 110 valence electrons. The standard InChI is InChI=1S/C15H16N2O4/c18-15(19)13-16-12-7-2-1-6-11(12)14(17-13)21-9-10-5-3-4-8-20-10/h1-2,6-7,10H,3-5,8-9H2,(H,18,19). The monoisotopic (exact) mass is 288 g/mol. The summed E-state index contributed by atoms with van der Waals surface area (Å²) in [6.07, 6.45) is 3.20. The van der Waals surface area contributed by atoms with Gasteiger partial charge in [0.25, 0.3) is 0 Å². The van der Waals surface area contributed by atoms with Crippen LogP contribution in [0.15, 0.2) is 24.3 Å². The van der Waals surface area contributed by atoms with Crippen LogP contribution in [0.5, 0.6) is 5.88 Å². The predicted octanol–water partition coefficient (Wildman–Crippen LogP) is 2.28. The van der Waals surface area contributed by atoms with Gasteiger partial charge in [-0.2, -0.15) is 4.98 Å². The number of carboxylic acids is 1. The third-order valence-corrected chi connectivity index (χ3v) is 3.44. The molecular weight excluding hydrogens is 272 g/mol. The van der Waals surface area contributed by atoms with Crippen molar-refractivity contribution in [2.45, 2.75) is 25.4 Å². The van der Waals surface area contributed by atoms with Crippen molar-refractivity contribution in [1.29, 1.82) is 0 Å². The summed E-state index contributed by atoms with van der Waals surface area (Å²) < 4.78 is 11.3. The average Bonchev–Trinajstić information content (AvgIpc) is 2.53. The van der Waals surface area contributed by atoms with Crippen molar-refractivity contribution in [2.75, 3.05) is 13.2 Å². The van der Waals surface area contributed by atoms with Gasteiger partial charge in [0, 0.05) is 6.61 Å². The van der Waals surface area contributed by atoms with Crippen LogP contribution in [0.4, 0.5) is 0 Å². The maximum absolute atomic E-state index is 11.1. The van der Waals surface area contributed by atoms with E-state index in [0.29, 0.717) is 23.4 Å². The molecule has 1 aliphatic rings. The van der Waals surface area contributed by atoms with Crippen LogP contribution in [0, 0.1) is 0 Å². The summed E-state index contributed by atoms with van der Waals surface area (Å²) in [4.78, 5) is 19.1. The summed E-state index contributed by atoms with van der Waals surface area (Å²) in [5.41, 5.74) is 0.560. The van der Waals surface area contributed by atoms with E-state index in [1.807, 2.05) is 12.1 Å². The molecule has 2 aromatic rings. The van der Waals surface area contributed by atoms with E-state index in [9.17, 15) is 4.79 Å². The lowest BCUT2D eigenvalue weighted by atomic mass is 10.1. The fourth-order valence-electron chi connectivity index (χ4n) is 2.36. The summed E-state index contributed by atoms with van der Waals surface area (Å²) in [7, 11) is 0. The number of hydrogen-bond donors (Lipinski definition) is 1. The minimum atomic E-state index is -1.17. The van der Waals surface area contributed by atoms with Crippen molar-refractivity contribution in [3.05, 3.63) is 30.1 Å². The molecule has 1 atom stereocenters. The highest BCUT2D eigenvalue weighted by molar-refractivity contribution is 5.89. The Hall–Kier alpha value is -2.21. The molecular formula is C15H16N2O4. The molecule has 6 heteroatoms. The molecule has 3 rings (SSSR count). The van der Waals surface area contributed by atoms with Crippen molar-refractivity contribution < 1.29 is 19.4 Å². The van der Waals surface area contributed by atoms with Gasteiger partial charge in [-0.3, -0.25) is 0 Å². The second-order valence-corrected chi connectivity index (χ2v) is 4.97. The SMILES string of the molecule is O=C(O)c1nc(OCC2CCCCO2)c2ccccc2n1. The Kier molecular flexibility index (Phi) is 3.96. The third kappa shape index (κ3) is 3.11. The van der Waals surface area contributed by atoms with E-state index in [0.717, 1.165) is 25.9 Å². The van der Waals surface area contributed by atoms with Crippen LogP contribution in [0.1, 0.15) is 29.9 Å². The smallest absolute Gasteiger partial charge is 0.374 e. The molecule has 1 unspecified atom stereocenters. The first-order valence-electron chi connectivity index (χ1n) is 6.98. The van der Waals surface area contributed by atoms with Gasteiger partial charge in [0.15, 0.2) is 0 Å². The van der Waals surface area contributed by atoms with Crippen LogP contribution >= 0.6 is 0 Å². The average molecular weight is 288 g/mol. The topological polar surface area (TPSA) is 81.5 Å². The molecule has 1 aliphatic heterocycles. The zero-order valence-electron chi connectivity index (χ0n) is 11.5. The second kappa shape index (κ2) is 6.05. The van der Waals surface area contributed by atoms with Crippen LogP contribution in [-0.4, -0.2) is 40.4 Å². The molecule has 0 radical (unpaired) electrons. The molecule has 21 heavy (non-hydrogen) atoms. The van der Waals surface area contributed by atoms with Crippen LogP contribution in [0.25, 0.3) is 10.9 Å². The van der Waals surface area contributed by atoms with E-state index in [4.69, 9.17) is 14.6 Å². The zero-order chi connectivity index (χ0) is 14.7. The number of nitrogens with zero attached hydrogens (tertiary/aromatic N) is 2. The molecule has 0 amide bonds. The highest BCUT2D eigenvalue weighted by atomic mass is 16.5. The fourth-order valence-corrected chi connectivity index (χ4v) is 2.36. The number of aromatic carboxylic acids is 1. The number of para-hydroxylation sites is 1. The van der Waals surface area contributed by atoms with Crippen molar-refractivity contribution in [1.82, 2.24) is 9.97 Å². The summed E-state index contributed by atoms with van der Waals surface area (Å²) >= 11 is 0. The summed E-state index contributed by atoms with van der Waals surface area (Å²) in [5.74, 6) is -1.13. The fraction of sp³-hybridized carbons (Fsp3) is 0.400. The van der Waals surface area contributed by atoms with Crippen molar-refractivity contribution in [3.8, 4) is 5.88 Å². The second-order valence-electron chi connectivity index (χ2n) is 4.97. The van der Waals surface area contributed by atoms with Gasteiger partial charge in [-0.15, -0.1) is 0 Å². The Labute approximate surface area is 121 Å².